The largest absolute Gasteiger partial charge is 0.395 e. The lowest BCUT2D eigenvalue weighted by molar-refractivity contribution is -0.153. The van der Waals surface area contributed by atoms with Crippen LogP contribution in [0.4, 0.5) is 0 Å². The fourth-order valence-electron chi connectivity index (χ4n) is 2.02. The highest BCUT2D eigenvalue weighted by atomic mass is 16.3. The Morgan fingerprint density at radius 1 is 1.11 bits per heavy atom. The van der Waals surface area contributed by atoms with E-state index in [1.54, 1.807) is 11.8 Å². The van der Waals surface area contributed by atoms with Crippen molar-refractivity contribution in [1.82, 2.24) is 14.7 Å². The van der Waals surface area contributed by atoms with Gasteiger partial charge in [-0.2, -0.15) is 0 Å². The van der Waals surface area contributed by atoms with Crippen molar-refractivity contribution in [2.24, 2.45) is 0 Å². The lowest BCUT2D eigenvalue weighted by atomic mass is 10.3. The molecule has 1 rings (SSSR count). The lowest BCUT2D eigenvalue weighted by Gasteiger charge is -2.34. The number of carbonyl (C=O) groups is 3. The van der Waals surface area contributed by atoms with E-state index in [4.69, 9.17) is 5.11 Å². The van der Waals surface area contributed by atoms with Crippen LogP contribution in [0.2, 0.25) is 0 Å². The first-order valence-corrected chi connectivity index (χ1v) is 6.45. The molecule has 0 aromatic rings. The summed E-state index contributed by atoms with van der Waals surface area (Å²) in [7, 11) is 0. The zero-order valence-electron chi connectivity index (χ0n) is 11.5. The Morgan fingerprint density at radius 3 is 2.05 bits per heavy atom. The van der Waals surface area contributed by atoms with Crippen LogP contribution in [-0.2, 0) is 14.4 Å². The zero-order chi connectivity index (χ0) is 14.4. The van der Waals surface area contributed by atoms with Crippen molar-refractivity contribution in [3.8, 4) is 0 Å². The van der Waals surface area contributed by atoms with E-state index in [1.165, 1.54) is 16.7 Å². The van der Waals surface area contributed by atoms with E-state index >= 15 is 0 Å². The SMILES string of the molecule is CCN(CCO)C(=O)C(=O)N1CCN(C(C)=O)CC1. The number of likely N-dealkylation sites (N-methyl/N-ethyl adjacent to an activating group) is 1. The lowest BCUT2D eigenvalue weighted by Crippen LogP contribution is -2.54. The molecule has 0 aromatic heterocycles. The molecular weight excluding hydrogens is 250 g/mol. The Labute approximate surface area is 112 Å². The molecule has 0 aliphatic carbocycles. The van der Waals surface area contributed by atoms with Gasteiger partial charge in [0, 0.05) is 46.2 Å². The van der Waals surface area contributed by atoms with Crippen LogP contribution >= 0.6 is 0 Å². The van der Waals surface area contributed by atoms with Crippen LogP contribution in [0.1, 0.15) is 13.8 Å². The second-order valence-electron chi connectivity index (χ2n) is 4.41. The van der Waals surface area contributed by atoms with Gasteiger partial charge in [0.2, 0.25) is 5.91 Å². The van der Waals surface area contributed by atoms with Crippen LogP contribution in [0.25, 0.3) is 0 Å². The van der Waals surface area contributed by atoms with E-state index < -0.39 is 11.8 Å². The predicted molar refractivity (Wildman–Crippen MR) is 68.2 cm³/mol. The van der Waals surface area contributed by atoms with Crippen molar-refractivity contribution < 1.29 is 19.5 Å². The Kier molecular flexibility index (Phi) is 5.75. The Bertz CT molecular complexity index is 351. The molecule has 0 unspecified atom stereocenters. The van der Waals surface area contributed by atoms with Crippen molar-refractivity contribution in [2.45, 2.75) is 13.8 Å². The van der Waals surface area contributed by atoms with Gasteiger partial charge in [-0.1, -0.05) is 0 Å². The topological polar surface area (TPSA) is 81.2 Å². The van der Waals surface area contributed by atoms with Crippen LogP contribution in [0.3, 0.4) is 0 Å². The van der Waals surface area contributed by atoms with Crippen molar-refractivity contribution in [3.63, 3.8) is 0 Å². The van der Waals surface area contributed by atoms with E-state index in [2.05, 4.69) is 0 Å². The fourth-order valence-corrected chi connectivity index (χ4v) is 2.02. The number of amides is 3. The summed E-state index contributed by atoms with van der Waals surface area (Å²) in [6, 6.07) is 0. The quantitative estimate of drug-likeness (QED) is 0.635. The van der Waals surface area contributed by atoms with E-state index in [9.17, 15) is 14.4 Å². The number of hydrogen-bond acceptors (Lipinski definition) is 4. The smallest absolute Gasteiger partial charge is 0.312 e. The van der Waals surface area contributed by atoms with Crippen LogP contribution < -0.4 is 0 Å². The Morgan fingerprint density at radius 2 is 1.63 bits per heavy atom. The molecule has 0 bridgehead atoms. The number of piperazine rings is 1. The average Bonchev–Trinajstić information content (AvgIpc) is 2.43. The Hall–Kier alpha value is -1.63. The van der Waals surface area contributed by atoms with Gasteiger partial charge in [-0.3, -0.25) is 14.4 Å². The van der Waals surface area contributed by atoms with Crippen molar-refractivity contribution in [2.75, 3.05) is 45.9 Å². The molecule has 1 aliphatic heterocycles. The highest BCUT2D eigenvalue weighted by Gasteiger charge is 2.29. The molecule has 108 valence electrons. The number of carbonyl (C=O) groups excluding carboxylic acids is 3. The first-order valence-electron chi connectivity index (χ1n) is 6.45. The maximum absolute atomic E-state index is 12.0. The second kappa shape index (κ2) is 7.08. The van der Waals surface area contributed by atoms with Gasteiger partial charge < -0.3 is 19.8 Å². The summed E-state index contributed by atoms with van der Waals surface area (Å²) in [5, 5.41) is 8.84. The third kappa shape index (κ3) is 3.92. The molecule has 0 spiro atoms. The third-order valence-corrected chi connectivity index (χ3v) is 3.23. The minimum atomic E-state index is -0.590. The monoisotopic (exact) mass is 271 g/mol. The normalized spacial score (nSPS) is 15.3. The third-order valence-electron chi connectivity index (χ3n) is 3.23. The summed E-state index contributed by atoms with van der Waals surface area (Å²) < 4.78 is 0. The molecule has 0 atom stereocenters. The van der Waals surface area contributed by atoms with E-state index in [-0.39, 0.29) is 19.1 Å². The zero-order valence-corrected chi connectivity index (χ0v) is 11.5. The molecule has 7 heteroatoms. The second-order valence-corrected chi connectivity index (χ2v) is 4.41. The number of nitrogens with zero attached hydrogens (tertiary/aromatic N) is 3. The highest BCUT2D eigenvalue weighted by Crippen LogP contribution is 2.04. The summed E-state index contributed by atoms with van der Waals surface area (Å²) in [6.45, 7) is 5.30. The minimum absolute atomic E-state index is 0.0195. The number of hydrogen-bond donors (Lipinski definition) is 1. The summed E-state index contributed by atoms with van der Waals surface area (Å²) in [4.78, 5) is 39.5. The molecule has 3 amide bonds. The van der Waals surface area contributed by atoms with Gasteiger partial charge in [-0.05, 0) is 6.92 Å². The van der Waals surface area contributed by atoms with Gasteiger partial charge in [0.25, 0.3) is 0 Å². The molecule has 19 heavy (non-hydrogen) atoms. The van der Waals surface area contributed by atoms with Crippen molar-refractivity contribution >= 4 is 17.7 Å². The molecule has 1 fully saturated rings. The molecule has 1 N–H and O–H groups in total. The first kappa shape index (κ1) is 15.4. The molecule has 1 heterocycles. The summed E-state index contributed by atoms with van der Waals surface area (Å²) >= 11 is 0. The van der Waals surface area contributed by atoms with E-state index in [0.29, 0.717) is 32.7 Å². The van der Waals surface area contributed by atoms with Gasteiger partial charge in [-0.25, -0.2) is 0 Å². The van der Waals surface area contributed by atoms with Gasteiger partial charge in [0.15, 0.2) is 0 Å². The number of aliphatic hydroxyl groups is 1. The molecular formula is C12H21N3O4. The van der Waals surface area contributed by atoms with Crippen LogP contribution in [0, 0.1) is 0 Å². The standard InChI is InChI=1S/C12H21N3O4/c1-3-13(8-9-16)11(18)12(19)15-6-4-14(5-7-15)10(2)17/h16H,3-9H2,1-2H3. The molecule has 7 nitrogen and oxygen atoms in total. The molecule has 1 aliphatic rings. The molecule has 0 aromatic carbocycles. The maximum Gasteiger partial charge on any atom is 0.312 e. The molecule has 1 saturated heterocycles. The first-order chi connectivity index (χ1) is 9.01. The summed E-state index contributed by atoms with van der Waals surface area (Å²) in [5.74, 6) is -1.17. The van der Waals surface area contributed by atoms with Crippen LogP contribution in [0.15, 0.2) is 0 Å². The van der Waals surface area contributed by atoms with Crippen molar-refractivity contribution in [3.05, 3.63) is 0 Å². The molecule has 0 radical (unpaired) electrons. The van der Waals surface area contributed by atoms with Crippen molar-refractivity contribution in [1.29, 1.82) is 0 Å². The van der Waals surface area contributed by atoms with Gasteiger partial charge in [-0.15, -0.1) is 0 Å². The van der Waals surface area contributed by atoms with E-state index in [0.717, 1.165) is 0 Å². The van der Waals surface area contributed by atoms with Gasteiger partial charge >= 0.3 is 11.8 Å². The minimum Gasteiger partial charge on any atom is -0.395 e. The highest BCUT2D eigenvalue weighted by molar-refractivity contribution is 6.34. The summed E-state index contributed by atoms with van der Waals surface area (Å²) in [5.41, 5.74) is 0. The molecule has 0 saturated carbocycles. The van der Waals surface area contributed by atoms with Crippen LogP contribution in [-0.4, -0.2) is 83.4 Å². The van der Waals surface area contributed by atoms with Crippen LogP contribution in [0.5, 0.6) is 0 Å². The van der Waals surface area contributed by atoms with Gasteiger partial charge in [0.1, 0.15) is 0 Å². The average molecular weight is 271 g/mol. The fraction of sp³-hybridized carbons (Fsp3) is 0.750. The maximum atomic E-state index is 12.0. The number of rotatable bonds is 3. The van der Waals surface area contributed by atoms with Gasteiger partial charge in [0.05, 0.1) is 6.61 Å². The number of aliphatic hydroxyl groups excluding tert-OH is 1. The summed E-state index contributed by atoms with van der Waals surface area (Å²) in [6.07, 6.45) is 0. The predicted octanol–water partition coefficient (Wildman–Crippen LogP) is -1.48. The Balaban J connectivity index is 2.54. The van der Waals surface area contributed by atoms with E-state index in [1.807, 2.05) is 0 Å².